The molecular weight excluding hydrogens is 325 g/mol. The third kappa shape index (κ3) is 3.91. The fourth-order valence-electron chi connectivity index (χ4n) is 2.58. The SMILES string of the molecule is O=C(c1ccc(-c2ncn[nH]2)cc1)N1CCOC(CC(F)(F)F)C1. The second kappa shape index (κ2) is 6.60. The van der Waals surface area contributed by atoms with Gasteiger partial charge < -0.3 is 9.64 Å². The summed E-state index contributed by atoms with van der Waals surface area (Å²) >= 11 is 0. The van der Waals surface area contributed by atoms with Crippen molar-refractivity contribution < 1.29 is 22.7 Å². The molecule has 24 heavy (non-hydrogen) atoms. The summed E-state index contributed by atoms with van der Waals surface area (Å²) in [6.45, 7) is 0.307. The van der Waals surface area contributed by atoms with E-state index in [1.165, 1.54) is 11.2 Å². The van der Waals surface area contributed by atoms with Crippen LogP contribution in [0.5, 0.6) is 0 Å². The Morgan fingerprint density at radius 2 is 2.08 bits per heavy atom. The highest BCUT2D eigenvalue weighted by Crippen LogP contribution is 2.25. The van der Waals surface area contributed by atoms with Crippen molar-refractivity contribution in [3.05, 3.63) is 36.2 Å². The topological polar surface area (TPSA) is 71.1 Å². The summed E-state index contributed by atoms with van der Waals surface area (Å²) in [7, 11) is 0. The molecule has 1 aromatic carbocycles. The number of nitrogens with zero attached hydrogens (tertiary/aromatic N) is 3. The predicted molar refractivity (Wildman–Crippen MR) is 78.1 cm³/mol. The van der Waals surface area contributed by atoms with Crippen LogP contribution in [0.2, 0.25) is 0 Å². The molecule has 0 bridgehead atoms. The van der Waals surface area contributed by atoms with Crippen LogP contribution in [-0.2, 0) is 4.74 Å². The first-order chi connectivity index (χ1) is 11.4. The molecule has 0 spiro atoms. The summed E-state index contributed by atoms with van der Waals surface area (Å²) in [5.74, 6) is 0.264. The molecule has 128 valence electrons. The molecule has 1 amide bonds. The number of hydrogen-bond acceptors (Lipinski definition) is 4. The molecule has 0 radical (unpaired) electrons. The molecule has 1 aliphatic heterocycles. The maximum absolute atomic E-state index is 12.5. The van der Waals surface area contributed by atoms with Crippen molar-refractivity contribution >= 4 is 5.91 Å². The van der Waals surface area contributed by atoms with Gasteiger partial charge in [0.05, 0.1) is 19.1 Å². The summed E-state index contributed by atoms with van der Waals surface area (Å²) in [6.07, 6.45) is -5.00. The van der Waals surface area contributed by atoms with Crippen molar-refractivity contribution in [1.82, 2.24) is 20.1 Å². The van der Waals surface area contributed by atoms with Gasteiger partial charge in [0.15, 0.2) is 5.82 Å². The highest BCUT2D eigenvalue weighted by Gasteiger charge is 2.35. The molecular formula is C15H15F3N4O2. The van der Waals surface area contributed by atoms with Gasteiger partial charge >= 0.3 is 6.18 Å². The van der Waals surface area contributed by atoms with Crippen LogP contribution in [0.3, 0.4) is 0 Å². The van der Waals surface area contributed by atoms with E-state index in [-0.39, 0.29) is 25.6 Å². The van der Waals surface area contributed by atoms with E-state index >= 15 is 0 Å². The van der Waals surface area contributed by atoms with Crippen molar-refractivity contribution in [2.24, 2.45) is 0 Å². The lowest BCUT2D eigenvalue weighted by Crippen LogP contribution is -2.46. The minimum atomic E-state index is -4.31. The first-order valence-electron chi connectivity index (χ1n) is 7.36. The maximum atomic E-state index is 12.5. The number of rotatable bonds is 3. The highest BCUT2D eigenvalue weighted by molar-refractivity contribution is 5.94. The van der Waals surface area contributed by atoms with Crippen LogP contribution in [0, 0.1) is 0 Å². The van der Waals surface area contributed by atoms with E-state index in [1.54, 1.807) is 24.3 Å². The number of ether oxygens (including phenoxy) is 1. The number of H-pyrrole nitrogens is 1. The van der Waals surface area contributed by atoms with Gasteiger partial charge in [0.2, 0.25) is 0 Å². The van der Waals surface area contributed by atoms with E-state index in [4.69, 9.17) is 4.74 Å². The van der Waals surface area contributed by atoms with Gasteiger partial charge in [0.1, 0.15) is 6.33 Å². The summed E-state index contributed by atoms with van der Waals surface area (Å²) < 4.78 is 42.5. The molecule has 1 atom stereocenters. The van der Waals surface area contributed by atoms with Crippen LogP contribution in [0.25, 0.3) is 11.4 Å². The van der Waals surface area contributed by atoms with Gasteiger partial charge in [-0.25, -0.2) is 4.98 Å². The number of morpholine rings is 1. The van der Waals surface area contributed by atoms with Crippen LogP contribution in [0.15, 0.2) is 30.6 Å². The lowest BCUT2D eigenvalue weighted by Gasteiger charge is -2.33. The quantitative estimate of drug-likeness (QED) is 0.930. The second-order valence-corrected chi connectivity index (χ2v) is 5.47. The molecule has 0 aliphatic carbocycles. The fourth-order valence-corrected chi connectivity index (χ4v) is 2.58. The molecule has 2 heterocycles. The third-order valence-electron chi connectivity index (χ3n) is 3.71. The third-order valence-corrected chi connectivity index (χ3v) is 3.71. The zero-order valence-electron chi connectivity index (χ0n) is 12.6. The first-order valence-corrected chi connectivity index (χ1v) is 7.36. The van der Waals surface area contributed by atoms with Crippen molar-refractivity contribution in [2.45, 2.75) is 18.7 Å². The second-order valence-electron chi connectivity index (χ2n) is 5.47. The normalized spacial score (nSPS) is 18.6. The Bertz CT molecular complexity index is 686. The summed E-state index contributed by atoms with van der Waals surface area (Å²) in [5, 5.41) is 6.46. The van der Waals surface area contributed by atoms with E-state index < -0.39 is 18.7 Å². The molecule has 1 fully saturated rings. The number of nitrogens with one attached hydrogen (secondary N) is 1. The number of halogens is 3. The van der Waals surface area contributed by atoms with Gasteiger partial charge in [-0.3, -0.25) is 9.89 Å². The lowest BCUT2D eigenvalue weighted by atomic mass is 10.1. The van der Waals surface area contributed by atoms with E-state index in [0.717, 1.165) is 5.56 Å². The zero-order valence-corrected chi connectivity index (χ0v) is 12.6. The minimum Gasteiger partial charge on any atom is -0.374 e. The number of hydrogen-bond donors (Lipinski definition) is 1. The summed E-state index contributed by atoms with van der Waals surface area (Å²) in [6, 6.07) is 6.66. The Morgan fingerprint density at radius 1 is 1.33 bits per heavy atom. The first kappa shape index (κ1) is 16.4. The molecule has 2 aromatic rings. The van der Waals surface area contributed by atoms with Crippen molar-refractivity contribution in [3.63, 3.8) is 0 Å². The van der Waals surface area contributed by atoms with E-state index in [9.17, 15) is 18.0 Å². The Kier molecular flexibility index (Phi) is 4.52. The van der Waals surface area contributed by atoms with Crippen molar-refractivity contribution in [1.29, 1.82) is 0 Å². The van der Waals surface area contributed by atoms with Crippen LogP contribution in [0.1, 0.15) is 16.8 Å². The standard InChI is InChI=1S/C15H15F3N4O2/c16-15(17,18)7-12-8-22(5-6-24-12)14(23)11-3-1-10(2-4-11)13-19-9-20-21-13/h1-4,9,12H,5-8H2,(H,19,20,21). The van der Waals surface area contributed by atoms with E-state index in [2.05, 4.69) is 15.2 Å². The van der Waals surface area contributed by atoms with E-state index in [0.29, 0.717) is 11.4 Å². The lowest BCUT2D eigenvalue weighted by molar-refractivity contribution is -0.168. The number of aromatic nitrogens is 3. The largest absolute Gasteiger partial charge is 0.391 e. The van der Waals surface area contributed by atoms with Crippen LogP contribution in [-0.4, -0.2) is 58.0 Å². The maximum Gasteiger partial charge on any atom is 0.391 e. The van der Waals surface area contributed by atoms with Gasteiger partial charge in [-0.2, -0.15) is 18.3 Å². The average molecular weight is 340 g/mol. The van der Waals surface area contributed by atoms with Gasteiger partial charge in [-0.15, -0.1) is 0 Å². The smallest absolute Gasteiger partial charge is 0.374 e. The Labute approximate surface area is 135 Å². The zero-order chi connectivity index (χ0) is 17.2. The number of amides is 1. The van der Waals surface area contributed by atoms with Crippen molar-refractivity contribution in [2.75, 3.05) is 19.7 Å². The number of carbonyl (C=O) groups is 1. The van der Waals surface area contributed by atoms with Gasteiger partial charge in [0.25, 0.3) is 5.91 Å². The van der Waals surface area contributed by atoms with Crippen molar-refractivity contribution in [3.8, 4) is 11.4 Å². The summed E-state index contributed by atoms with van der Waals surface area (Å²) in [5.41, 5.74) is 1.17. The van der Waals surface area contributed by atoms with Gasteiger partial charge in [0, 0.05) is 24.2 Å². The van der Waals surface area contributed by atoms with Crippen LogP contribution in [0.4, 0.5) is 13.2 Å². The molecule has 9 heteroatoms. The molecule has 6 nitrogen and oxygen atoms in total. The summed E-state index contributed by atoms with van der Waals surface area (Å²) in [4.78, 5) is 17.9. The average Bonchev–Trinajstić information content (AvgIpc) is 3.07. The molecule has 1 saturated heterocycles. The number of aromatic amines is 1. The Hall–Kier alpha value is -2.42. The fraction of sp³-hybridized carbons (Fsp3) is 0.400. The molecule has 1 unspecified atom stereocenters. The molecule has 0 saturated carbocycles. The predicted octanol–water partition coefficient (Wildman–Crippen LogP) is 2.27. The molecule has 1 aromatic heterocycles. The number of benzene rings is 1. The van der Waals surface area contributed by atoms with Crippen LogP contribution >= 0.6 is 0 Å². The van der Waals surface area contributed by atoms with Gasteiger partial charge in [-0.1, -0.05) is 12.1 Å². The van der Waals surface area contributed by atoms with E-state index in [1.807, 2.05) is 0 Å². The monoisotopic (exact) mass is 340 g/mol. The molecule has 3 rings (SSSR count). The molecule has 1 aliphatic rings. The highest BCUT2D eigenvalue weighted by atomic mass is 19.4. The molecule has 1 N–H and O–H groups in total. The Morgan fingerprint density at radius 3 is 2.71 bits per heavy atom. The van der Waals surface area contributed by atoms with Gasteiger partial charge in [-0.05, 0) is 12.1 Å². The van der Waals surface area contributed by atoms with Crippen LogP contribution < -0.4 is 0 Å². The Balaban J connectivity index is 1.67. The minimum absolute atomic E-state index is 0.0673. The number of carbonyl (C=O) groups excluding carboxylic acids is 1. The number of alkyl halides is 3.